The van der Waals surface area contributed by atoms with Gasteiger partial charge in [-0.1, -0.05) is 30.3 Å². The first-order chi connectivity index (χ1) is 13.6. The number of nitrogens with one attached hydrogen (secondary N) is 2. The summed E-state index contributed by atoms with van der Waals surface area (Å²) in [6, 6.07) is 14.3. The molecule has 1 saturated heterocycles. The molecule has 1 aliphatic carbocycles. The summed E-state index contributed by atoms with van der Waals surface area (Å²) in [5, 5.41) is 8.36. The van der Waals surface area contributed by atoms with Crippen molar-refractivity contribution in [2.45, 2.75) is 31.8 Å². The maximum Gasteiger partial charge on any atom is 0.241 e. The number of carbonyl (C=O) groups excluding carboxylic acids is 2. The van der Waals surface area contributed by atoms with Crippen molar-refractivity contribution in [2.75, 3.05) is 38.0 Å². The molecule has 6 nitrogen and oxygen atoms in total. The lowest BCUT2D eigenvalue weighted by Gasteiger charge is -2.37. The largest absolute Gasteiger partial charge is 0.352 e. The minimum Gasteiger partial charge on any atom is -0.352 e. The zero-order valence-corrected chi connectivity index (χ0v) is 16.4. The lowest BCUT2D eigenvalue weighted by atomic mass is 10.1. The summed E-state index contributed by atoms with van der Waals surface area (Å²) in [5.74, 6) is 0.133. The van der Waals surface area contributed by atoms with Crippen LogP contribution >= 0.6 is 0 Å². The highest BCUT2D eigenvalue weighted by atomic mass is 16.2. The molecule has 2 fully saturated rings. The Hall–Kier alpha value is -2.44. The van der Waals surface area contributed by atoms with Gasteiger partial charge in [-0.2, -0.15) is 0 Å². The van der Waals surface area contributed by atoms with E-state index in [2.05, 4.69) is 26.5 Å². The number of amides is 2. The Labute approximate surface area is 165 Å². The second-order valence-corrected chi connectivity index (χ2v) is 7.88. The first kappa shape index (κ1) is 18.9. The average molecular weight is 380 g/mol. The molecule has 2 aliphatic rings. The number of anilines is 1. The molecular formula is C22H28N4O2. The molecule has 1 heterocycles. The van der Waals surface area contributed by atoms with Crippen LogP contribution in [0.15, 0.2) is 42.5 Å². The number of rotatable bonds is 6. The highest BCUT2D eigenvalue weighted by Crippen LogP contribution is 2.20. The van der Waals surface area contributed by atoms with Gasteiger partial charge in [-0.25, -0.2) is 0 Å². The summed E-state index contributed by atoms with van der Waals surface area (Å²) in [7, 11) is 0. The van der Waals surface area contributed by atoms with Crippen LogP contribution in [0.2, 0.25) is 0 Å². The molecule has 6 heteroatoms. The summed E-state index contributed by atoms with van der Waals surface area (Å²) in [4.78, 5) is 29.0. The lowest BCUT2D eigenvalue weighted by molar-refractivity contribution is -0.124. The number of hydrogen-bond donors (Lipinski definition) is 2. The van der Waals surface area contributed by atoms with Crippen LogP contribution in [0.5, 0.6) is 0 Å². The van der Waals surface area contributed by atoms with E-state index in [1.54, 1.807) is 0 Å². The first-order valence-electron chi connectivity index (χ1n) is 10.1. The summed E-state index contributed by atoms with van der Waals surface area (Å²) in [6.45, 7) is 5.62. The van der Waals surface area contributed by atoms with Crippen LogP contribution in [0.3, 0.4) is 0 Å². The van der Waals surface area contributed by atoms with Gasteiger partial charge < -0.3 is 10.6 Å². The van der Waals surface area contributed by atoms with Gasteiger partial charge in [0.05, 0.1) is 12.6 Å². The van der Waals surface area contributed by atoms with Crippen LogP contribution in [0.4, 0.5) is 5.69 Å². The monoisotopic (exact) mass is 380 g/mol. The third-order valence-corrected chi connectivity index (χ3v) is 5.66. The fraction of sp³-hybridized carbons (Fsp3) is 0.455. The van der Waals surface area contributed by atoms with E-state index in [0.717, 1.165) is 55.5 Å². The Kier molecular flexibility index (Phi) is 5.59. The molecule has 0 radical (unpaired) electrons. The molecule has 1 atom stereocenters. The third-order valence-electron chi connectivity index (χ3n) is 5.66. The molecule has 2 amide bonds. The first-order valence-corrected chi connectivity index (χ1v) is 10.1. The van der Waals surface area contributed by atoms with Crippen LogP contribution in [0, 0.1) is 0 Å². The van der Waals surface area contributed by atoms with Crippen molar-refractivity contribution in [1.82, 2.24) is 15.1 Å². The zero-order valence-electron chi connectivity index (χ0n) is 16.4. The van der Waals surface area contributed by atoms with Gasteiger partial charge in [0.15, 0.2) is 0 Å². The fourth-order valence-electron chi connectivity index (χ4n) is 3.69. The van der Waals surface area contributed by atoms with Crippen molar-refractivity contribution in [3.8, 4) is 0 Å². The van der Waals surface area contributed by atoms with Crippen molar-refractivity contribution >= 4 is 28.3 Å². The number of carbonyl (C=O) groups is 2. The quantitative estimate of drug-likeness (QED) is 0.805. The molecular weight excluding hydrogens is 352 g/mol. The molecule has 0 aromatic heterocycles. The summed E-state index contributed by atoms with van der Waals surface area (Å²) >= 11 is 0. The number of benzene rings is 2. The molecule has 2 aromatic carbocycles. The SMILES string of the molecule is C[C@@H](C(=O)Nc1ccc2ccccc2c1)N1CCN(CC(=O)NC2CC2)CC1. The van der Waals surface area contributed by atoms with Gasteiger partial charge in [-0.3, -0.25) is 19.4 Å². The van der Waals surface area contributed by atoms with Gasteiger partial charge in [0.1, 0.15) is 0 Å². The van der Waals surface area contributed by atoms with Gasteiger partial charge in [-0.15, -0.1) is 0 Å². The summed E-state index contributed by atoms with van der Waals surface area (Å²) < 4.78 is 0. The van der Waals surface area contributed by atoms with Crippen LogP contribution < -0.4 is 10.6 Å². The van der Waals surface area contributed by atoms with E-state index in [1.807, 2.05) is 43.3 Å². The number of piperazine rings is 1. The van der Waals surface area contributed by atoms with Gasteiger partial charge in [0.25, 0.3) is 0 Å². The highest BCUT2D eigenvalue weighted by Gasteiger charge is 2.28. The van der Waals surface area contributed by atoms with E-state index in [4.69, 9.17) is 0 Å². The van der Waals surface area contributed by atoms with Crippen molar-refractivity contribution in [2.24, 2.45) is 0 Å². The molecule has 0 unspecified atom stereocenters. The van der Waals surface area contributed by atoms with E-state index < -0.39 is 0 Å². The van der Waals surface area contributed by atoms with Gasteiger partial charge in [0.2, 0.25) is 11.8 Å². The predicted molar refractivity (Wildman–Crippen MR) is 111 cm³/mol. The zero-order chi connectivity index (χ0) is 19.5. The Morgan fingerprint density at radius 3 is 2.46 bits per heavy atom. The highest BCUT2D eigenvalue weighted by molar-refractivity contribution is 5.97. The van der Waals surface area contributed by atoms with Gasteiger partial charge in [0, 0.05) is 37.9 Å². The van der Waals surface area contributed by atoms with E-state index >= 15 is 0 Å². The fourth-order valence-corrected chi connectivity index (χ4v) is 3.69. The van der Waals surface area contributed by atoms with E-state index in [0.29, 0.717) is 12.6 Å². The Morgan fingerprint density at radius 1 is 1.04 bits per heavy atom. The Balaban J connectivity index is 1.27. The van der Waals surface area contributed by atoms with Crippen molar-refractivity contribution < 1.29 is 9.59 Å². The van der Waals surface area contributed by atoms with Crippen LogP contribution in [-0.2, 0) is 9.59 Å². The maximum absolute atomic E-state index is 12.7. The minimum atomic E-state index is -0.200. The Morgan fingerprint density at radius 2 is 1.75 bits per heavy atom. The standard InChI is InChI=1S/C22H28N4O2/c1-16(22(28)24-20-7-6-17-4-2-3-5-18(17)14-20)26-12-10-25(11-13-26)15-21(27)23-19-8-9-19/h2-7,14,16,19H,8-13,15H2,1H3,(H,23,27)(H,24,28)/t16-/m0/s1. The van der Waals surface area contributed by atoms with Crippen LogP contribution in [-0.4, -0.2) is 66.4 Å². The molecule has 0 spiro atoms. The van der Waals surface area contributed by atoms with E-state index in [1.165, 1.54) is 0 Å². The molecule has 28 heavy (non-hydrogen) atoms. The summed E-state index contributed by atoms with van der Waals surface area (Å²) in [6.07, 6.45) is 2.23. The van der Waals surface area contributed by atoms with Crippen LogP contribution in [0.1, 0.15) is 19.8 Å². The van der Waals surface area contributed by atoms with Crippen molar-refractivity contribution in [3.05, 3.63) is 42.5 Å². The van der Waals surface area contributed by atoms with Gasteiger partial charge in [-0.05, 0) is 42.7 Å². The number of fused-ring (bicyclic) bond motifs is 1. The smallest absolute Gasteiger partial charge is 0.241 e. The molecule has 2 N–H and O–H groups in total. The topological polar surface area (TPSA) is 64.7 Å². The second-order valence-electron chi connectivity index (χ2n) is 7.88. The molecule has 148 valence electrons. The molecule has 1 aliphatic heterocycles. The molecule has 0 bridgehead atoms. The van der Waals surface area contributed by atoms with Gasteiger partial charge >= 0.3 is 0 Å². The number of hydrogen-bond acceptors (Lipinski definition) is 4. The van der Waals surface area contributed by atoms with Crippen molar-refractivity contribution in [3.63, 3.8) is 0 Å². The van der Waals surface area contributed by atoms with E-state index in [9.17, 15) is 9.59 Å². The van der Waals surface area contributed by atoms with Crippen molar-refractivity contribution in [1.29, 1.82) is 0 Å². The number of nitrogens with zero attached hydrogens (tertiary/aromatic N) is 2. The predicted octanol–water partition coefficient (Wildman–Crippen LogP) is 2.06. The third kappa shape index (κ3) is 4.69. The molecule has 4 rings (SSSR count). The van der Waals surface area contributed by atoms with E-state index in [-0.39, 0.29) is 17.9 Å². The Bertz CT molecular complexity index is 856. The van der Waals surface area contributed by atoms with Crippen LogP contribution in [0.25, 0.3) is 10.8 Å². The lowest BCUT2D eigenvalue weighted by Crippen LogP contribution is -2.54. The molecule has 2 aromatic rings. The average Bonchev–Trinajstić information content (AvgIpc) is 3.51. The second kappa shape index (κ2) is 8.29. The summed E-state index contributed by atoms with van der Waals surface area (Å²) in [5.41, 5.74) is 0.825. The maximum atomic E-state index is 12.7. The molecule has 1 saturated carbocycles. The normalized spacial score (nSPS) is 19.3. The minimum absolute atomic E-state index is 0.00945.